The van der Waals surface area contributed by atoms with Gasteiger partial charge in [-0.25, -0.2) is 0 Å². The Labute approximate surface area is 155 Å². The summed E-state index contributed by atoms with van der Waals surface area (Å²) in [6.45, 7) is 2.40. The summed E-state index contributed by atoms with van der Waals surface area (Å²) in [6.07, 6.45) is 5.58. The summed E-state index contributed by atoms with van der Waals surface area (Å²) in [5.74, 6) is -0.171. The largest absolute Gasteiger partial charge is 0.469 e. The second kappa shape index (κ2) is 9.72. The van der Waals surface area contributed by atoms with Crippen LogP contribution in [0.1, 0.15) is 50.2 Å². The Hall–Kier alpha value is -1.88. The van der Waals surface area contributed by atoms with Crippen LogP contribution in [0.15, 0.2) is 24.3 Å². The van der Waals surface area contributed by atoms with Gasteiger partial charge in [0.1, 0.15) is 0 Å². The number of carbonyl (C=O) groups excluding carboxylic acids is 2. The van der Waals surface area contributed by atoms with Crippen LogP contribution in [0, 0.1) is 11.3 Å². The predicted molar refractivity (Wildman–Crippen MR) is 98.6 cm³/mol. The fraction of sp³-hybridized carbons (Fsp3) is 0.619. The van der Waals surface area contributed by atoms with Gasteiger partial charge in [0.15, 0.2) is 0 Å². The number of ether oxygens (including phenoxy) is 2. The maximum Gasteiger partial charge on any atom is 0.309 e. The van der Waals surface area contributed by atoms with Crippen molar-refractivity contribution in [2.75, 3.05) is 20.3 Å². The number of hydrogen-bond donors (Lipinski definition) is 1. The Bertz CT molecular complexity index is 589. The van der Waals surface area contributed by atoms with E-state index in [0.717, 1.165) is 43.2 Å². The topological polar surface area (TPSA) is 72.8 Å². The SMILES string of the molecule is CCOC(=O)CC1(CCC(CO)Cc2ccc(CC(=O)OC)cc2)CC1. The zero-order valence-electron chi connectivity index (χ0n) is 15.8. The van der Waals surface area contributed by atoms with Crippen molar-refractivity contribution < 1.29 is 24.2 Å². The van der Waals surface area contributed by atoms with E-state index < -0.39 is 0 Å². The lowest BCUT2D eigenvalue weighted by molar-refractivity contribution is -0.144. The van der Waals surface area contributed by atoms with Crippen molar-refractivity contribution in [1.82, 2.24) is 0 Å². The molecule has 26 heavy (non-hydrogen) atoms. The van der Waals surface area contributed by atoms with Gasteiger partial charge in [-0.2, -0.15) is 0 Å². The van der Waals surface area contributed by atoms with Gasteiger partial charge < -0.3 is 14.6 Å². The lowest BCUT2D eigenvalue weighted by Gasteiger charge is -2.19. The Balaban J connectivity index is 1.82. The highest BCUT2D eigenvalue weighted by molar-refractivity contribution is 5.72. The molecule has 1 aliphatic carbocycles. The summed E-state index contributed by atoms with van der Waals surface area (Å²) in [6, 6.07) is 7.88. The smallest absolute Gasteiger partial charge is 0.309 e. The molecule has 2 rings (SSSR count). The highest BCUT2D eigenvalue weighted by atomic mass is 16.5. The minimum Gasteiger partial charge on any atom is -0.469 e. The molecule has 1 N–H and O–H groups in total. The highest BCUT2D eigenvalue weighted by Crippen LogP contribution is 2.53. The normalized spacial score (nSPS) is 16.0. The first kappa shape index (κ1) is 20.4. The van der Waals surface area contributed by atoms with Crippen LogP contribution in [0.5, 0.6) is 0 Å². The molecule has 1 saturated carbocycles. The van der Waals surface area contributed by atoms with E-state index in [9.17, 15) is 14.7 Å². The van der Waals surface area contributed by atoms with Crippen LogP contribution >= 0.6 is 0 Å². The van der Waals surface area contributed by atoms with Gasteiger partial charge in [-0.3, -0.25) is 9.59 Å². The molecule has 0 radical (unpaired) electrons. The second-order valence-electron chi connectivity index (χ2n) is 7.34. The van der Waals surface area contributed by atoms with Crippen molar-refractivity contribution in [2.24, 2.45) is 11.3 Å². The molecule has 1 atom stereocenters. The number of rotatable bonds is 11. The van der Waals surface area contributed by atoms with E-state index in [1.807, 2.05) is 31.2 Å². The number of aliphatic hydroxyl groups is 1. The molecule has 0 aromatic heterocycles. The maximum atomic E-state index is 11.7. The molecular weight excluding hydrogens is 332 g/mol. The molecule has 0 spiro atoms. The number of hydrogen-bond acceptors (Lipinski definition) is 5. The van der Waals surface area contributed by atoms with E-state index in [1.165, 1.54) is 7.11 Å². The molecular formula is C21H30O5. The number of esters is 2. The second-order valence-corrected chi connectivity index (χ2v) is 7.34. The standard InChI is InChI=1S/C21H30O5/c1-3-26-20(24)14-21(10-11-21)9-8-18(15-22)12-16-4-6-17(7-5-16)13-19(23)25-2/h4-7,18,22H,3,8-15H2,1-2H3. The molecule has 1 unspecified atom stereocenters. The van der Waals surface area contributed by atoms with E-state index in [-0.39, 0.29) is 36.3 Å². The van der Waals surface area contributed by atoms with E-state index in [4.69, 9.17) is 4.74 Å². The van der Waals surface area contributed by atoms with Crippen LogP contribution in [0.2, 0.25) is 0 Å². The Morgan fingerprint density at radius 3 is 2.35 bits per heavy atom. The average molecular weight is 362 g/mol. The minimum atomic E-state index is -0.248. The van der Waals surface area contributed by atoms with Crippen molar-refractivity contribution in [2.45, 2.75) is 51.9 Å². The van der Waals surface area contributed by atoms with Gasteiger partial charge in [-0.15, -0.1) is 0 Å². The zero-order valence-corrected chi connectivity index (χ0v) is 15.8. The quantitative estimate of drug-likeness (QED) is 0.613. The van der Waals surface area contributed by atoms with Crippen molar-refractivity contribution in [3.8, 4) is 0 Å². The molecule has 0 aliphatic heterocycles. The molecule has 1 fully saturated rings. The molecule has 0 saturated heterocycles. The predicted octanol–water partition coefficient (Wildman–Crippen LogP) is 3.07. The van der Waals surface area contributed by atoms with Crippen molar-refractivity contribution >= 4 is 11.9 Å². The van der Waals surface area contributed by atoms with Gasteiger partial charge in [-0.05, 0) is 61.5 Å². The highest BCUT2D eigenvalue weighted by Gasteiger charge is 2.44. The first-order chi connectivity index (χ1) is 12.5. The first-order valence-corrected chi connectivity index (χ1v) is 9.41. The summed E-state index contributed by atoms with van der Waals surface area (Å²) in [5, 5.41) is 9.72. The number of benzene rings is 1. The third-order valence-electron chi connectivity index (χ3n) is 5.25. The lowest BCUT2D eigenvalue weighted by atomic mass is 9.88. The van der Waals surface area contributed by atoms with Crippen LogP contribution in [0.3, 0.4) is 0 Å². The van der Waals surface area contributed by atoms with Crippen LogP contribution in [0.25, 0.3) is 0 Å². The molecule has 0 bridgehead atoms. The van der Waals surface area contributed by atoms with Crippen LogP contribution in [0.4, 0.5) is 0 Å². The number of carbonyl (C=O) groups is 2. The van der Waals surface area contributed by atoms with Gasteiger partial charge in [0, 0.05) is 6.61 Å². The van der Waals surface area contributed by atoms with Crippen molar-refractivity contribution in [3.05, 3.63) is 35.4 Å². The van der Waals surface area contributed by atoms with E-state index >= 15 is 0 Å². The lowest BCUT2D eigenvalue weighted by Crippen LogP contribution is -2.16. The molecule has 1 aliphatic rings. The monoisotopic (exact) mass is 362 g/mol. The van der Waals surface area contributed by atoms with Crippen molar-refractivity contribution in [1.29, 1.82) is 0 Å². The molecule has 0 amide bonds. The molecule has 0 heterocycles. The molecule has 5 nitrogen and oxygen atoms in total. The van der Waals surface area contributed by atoms with Gasteiger partial charge in [0.25, 0.3) is 0 Å². The van der Waals surface area contributed by atoms with E-state index in [2.05, 4.69) is 4.74 Å². The van der Waals surface area contributed by atoms with Gasteiger partial charge in [0.2, 0.25) is 0 Å². The first-order valence-electron chi connectivity index (χ1n) is 9.41. The summed E-state index contributed by atoms with van der Waals surface area (Å²) in [7, 11) is 1.39. The Morgan fingerprint density at radius 2 is 1.81 bits per heavy atom. The molecule has 5 heteroatoms. The summed E-state index contributed by atoms with van der Waals surface area (Å²) >= 11 is 0. The zero-order chi connectivity index (χ0) is 19.0. The minimum absolute atomic E-state index is 0.101. The number of aliphatic hydroxyl groups excluding tert-OH is 1. The van der Waals surface area contributed by atoms with Crippen LogP contribution in [-0.2, 0) is 31.9 Å². The fourth-order valence-corrected chi connectivity index (χ4v) is 3.34. The number of methoxy groups -OCH3 is 1. The van der Waals surface area contributed by atoms with E-state index in [0.29, 0.717) is 13.0 Å². The van der Waals surface area contributed by atoms with Gasteiger partial charge in [-0.1, -0.05) is 24.3 Å². The average Bonchev–Trinajstić information content (AvgIpc) is 3.39. The third-order valence-corrected chi connectivity index (χ3v) is 5.25. The molecule has 1 aromatic rings. The summed E-state index contributed by atoms with van der Waals surface area (Å²) < 4.78 is 9.75. The molecule has 1 aromatic carbocycles. The maximum absolute atomic E-state index is 11.7. The fourth-order valence-electron chi connectivity index (χ4n) is 3.34. The Kier molecular flexibility index (Phi) is 7.64. The third kappa shape index (κ3) is 6.45. The van der Waals surface area contributed by atoms with Gasteiger partial charge >= 0.3 is 11.9 Å². The molecule has 144 valence electrons. The van der Waals surface area contributed by atoms with Crippen LogP contribution < -0.4 is 0 Å². The van der Waals surface area contributed by atoms with Gasteiger partial charge in [0.05, 0.1) is 26.6 Å². The Morgan fingerprint density at radius 1 is 1.15 bits per heavy atom. The van der Waals surface area contributed by atoms with E-state index in [1.54, 1.807) is 0 Å². The summed E-state index contributed by atoms with van der Waals surface area (Å²) in [5.41, 5.74) is 2.17. The van der Waals surface area contributed by atoms with Crippen LogP contribution in [-0.4, -0.2) is 37.4 Å². The summed E-state index contributed by atoms with van der Waals surface area (Å²) in [4.78, 5) is 23.0. The van der Waals surface area contributed by atoms with Crippen molar-refractivity contribution in [3.63, 3.8) is 0 Å².